The number of imide groups is 1. The van der Waals surface area contributed by atoms with Crippen LogP contribution in [0.1, 0.15) is 25.8 Å². The van der Waals surface area contributed by atoms with Crippen molar-refractivity contribution < 1.29 is 14.0 Å². The van der Waals surface area contributed by atoms with E-state index in [1.54, 1.807) is 24.1 Å². The number of benzene rings is 1. The zero-order valence-corrected chi connectivity index (χ0v) is 16.3. The van der Waals surface area contributed by atoms with Crippen LogP contribution in [0.5, 0.6) is 0 Å². The summed E-state index contributed by atoms with van der Waals surface area (Å²) < 4.78 is 13.2. The predicted octanol–water partition coefficient (Wildman–Crippen LogP) is 1.20. The fourth-order valence-electron chi connectivity index (χ4n) is 4.18. The van der Waals surface area contributed by atoms with Gasteiger partial charge in [-0.3, -0.25) is 20.0 Å². The van der Waals surface area contributed by atoms with Crippen molar-refractivity contribution in [3.05, 3.63) is 35.6 Å². The molecule has 2 fully saturated rings. The molecule has 1 N–H and O–H groups in total. The lowest BCUT2D eigenvalue weighted by molar-refractivity contribution is -0.139. The fourth-order valence-corrected chi connectivity index (χ4v) is 4.18. The number of fused-ring (bicyclic) bond motifs is 3. The smallest absolute Gasteiger partial charge is 0.310 e. The van der Waals surface area contributed by atoms with Gasteiger partial charge in [-0.2, -0.15) is 5.10 Å². The minimum Gasteiger partial charge on any atom is -0.310 e. The highest BCUT2D eigenvalue weighted by atomic mass is 19.1. The normalized spacial score (nSPS) is 27.8. The molecular weight excluding hydrogens is 363 g/mol. The van der Waals surface area contributed by atoms with Gasteiger partial charge in [0.25, 0.3) is 5.91 Å². The second-order valence-corrected chi connectivity index (χ2v) is 7.55. The summed E-state index contributed by atoms with van der Waals surface area (Å²) in [6.45, 7) is 5.30. The van der Waals surface area contributed by atoms with Crippen LogP contribution in [-0.4, -0.2) is 76.0 Å². The molecule has 2 saturated heterocycles. The highest BCUT2D eigenvalue weighted by Gasteiger charge is 2.56. The molecule has 0 aromatic heterocycles. The predicted molar refractivity (Wildman–Crippen MR) is 101 cm³/mol. The van der Waals surface area contributed by atoms with E-state index in [2.05, 4.69) is 15.3 Å². The average Bonchev–Trinajstić information content (AvgIpc) is 3.05. The number of hydrogen-bond donors (Lipinski definition) is 1. The lowest BCUT2D eigenvalue weighted by Gasteiger charge is -2.42. The summed E-state index contributed by atoms with van der Waals surface area (Å²) in [5.74, 6) is -0.447. The molecule has 3 heterocycles. The largest absolute Gasteiger partial charge is 0.327 e. The van der Waals surface area contributed by atoms with Crippen molar-refractivity contribution in [2.24, 2.45) is 5.10 Å². The molecule has 1 aromatic carbocycles. The average molecular weight is 388 g/mol. The van der Waals surface area contributed by atoms with Crippen molar-refractivity contribution in [1.29, 1.82) is 0 Å². The topological polar surface area (TPSA) is 71.5 Å². The molecule has 0 saturated carbocycles. The molecule has 3 atom stereocenters. The Morgan fingerprint density at radius 3 is 2.64 bits per heavy atom. The number of halogens is 1. The number of urea groups is 1. The molecule has 4 rings (SSSR count). The first-order valence-electron chi connectivity index (χ1n) is 9.56. The van der Waals surface area contributed by atoms with Crippen LogP contribution in [0.3, 0.4) is 0 Å². The summed E-state index contributed by atoms with van der Waals surface area (Å²) >= 11 is 0. The maximum absolute atomic E-state index is 13.2. The maximum Gasteiger partial charge on any atom is 0.327 e. The SMILES string of the molecule is CCCN1C(=O)C2C(NC3N(Cc4ccc(F)cc4)N=C(C)CN23)N(C)C1=O. The van der Waals surface area contributed by atoms with Gasteiger partial charge >= 0.3 is 6.03 Å². The Balaban J connectivity index is 1.62. The molecule has 3 aliphatic heterocycles. The monoisotopic (exact) mass is 388 g/mol. The third kappa shape index (κ3) is 3.04. The molecule has 0 bridgehead atoms. The third-order valence-corrected chi connectivity index (χ3v) is 5.46. The van der Waals surface area contributed by atoms with Gasteiger partial charge in [-0.15, -0.1) is 0 Å². The zero-order valence-electron chi connectivity index (χ0n) is 16.3. The number of nitrogens with zero attached hydrogens (tertiary/aromatic N) is 5. The molecule has 8 nitrogen and oxygen atoms in total. The molecule has 3 amide bonds. The maximum atomic E-state index is 13.2. The molecule has 0 radical (unpaired) electrons. The van der Waals surface area contributed by atoms with E-state index in [9.17, 15) is 14.0 Å². The molecule has 3 aliphatic rings. The van der Waals surface area contributed by atoms with Gasteiger partial charge in [0.2, 0.25) is 0 Å². The highest BCUT2D eigenvalue weighted by molar-refractivity contribution is 6.01. The Kier molecular flexibility index (Phi) is 4.80. The second kappa shape index (κ2) is 7.14. The molecular formula is C19H25FN6O2. The molecule has 0 spiro atoms. The molecule has 0 aliphatic carbocycles. The summed E-state index contributed by atoms with van der Waals surface area (Å²) in [4.78, 5) is 30.8. The van der Waals surface area contributed by atoms with Gasteiger partial charge in [0.15, 0.2) is 6.29 Å². The first-order valence-corrected chi connectivity index (χ1v) is 9.56. The number of carbonyl (C=O) groups is 2. The first kappa shape index (κ1) is 18.8. The minimum atomic E-state index is -0.458. The van der Waals surface area contributed by atoms with Crippen molar-refractivity contribution in [2.75, 3.05) is 20.1 Å². The summed E-state index contributed by atoms with van der Waals surface area (Å²) in [7, 11) is 1.72. The number of amides is 3. The van der Waals surface area contributed by atoms with Crippen LogP contribution in [0, 0.1) is 5.82 Å². The van der Waals surface area contributed by atoms with Crippen molar-refractivity contribution in [3.8, 4) is 0 Å². The first-order chi connectivity index (χ1) is 13.4. The van der Waals surface area contributed by atoms with E-state index >= 15 is 0 Å². The van der Waals surface area contributed by atoms with Crippen LogP contribution in [0.25, 0.3) is 0 Å². The van der Waals surface area contributed by atoms with Crippen molar-refractivity contribution >= 4 is 17.6 Å². The van der Waals surface area contributed by atoms with Crippen LogP contribution in [0.2, 0.25) is 0 Å². The Labute approximate surface area is 163 Å². The lowest BCUT2D eigenvalue weighted by Crippen LogP contribution is -2.66. The van der Waals surface area contributed by atoms with Crippen LogP contribution in [0.15, 0.2) is 29.4 Å². The molecule has 3 unspecified atom stereocenters. The van der Waals surface area contributed by atoms with Gasteiger partial charge < -0.3 is 4.90 Å². The van der Waals surface area contributed by atoms with Gasteiger partial charge in [0, 0.05) is 25.8 Å². The van der Waals surface area contributed by atoms with Crippen molar-refractivity contribution in [2.45, 2.75) is 45.3 Å². The summed E-state index contributed by atoms with van der Waals surface area (Å²) in [6, 6.07) is 5.57. The fraction of sp³-hybridized carbons (Fsp3) is 0.526. The number of likely N-dealkylation sites (N-methyl/N-ethyl adjacent to an activating group) is 1. The van der Waals surface area contributed by atoms with E-state index < -0.39 is 12.2 Å². The highest BCUT2D eigenvalue weighted by Crippen LogP contribution is 2.31. The van der Waals surface area contributed by atoms with Crippen molar-refractivity contribution in [3.63, 3.8) is 0 Å². The molecule has 150 valence electrons. The summed E-state index contributed by atoms with van der Waals surface area (Å²) in [6.07, 6.45) is -0.00374. The second-order valence-electron chi connectivity index (χ2n) is 7.55. The Hall–Kier alpha value is -2.52. The minimum absolute atomic E-state index is 0.165. The van der Waals surface area contributed by atoms with Crippen LogP contribution >= 0.6 is 0 Å². The van der Waals surface area contributed by atoms with Gasteiger partial charge in [-0.1, -0.05) is 19.1 Å². The Bertz CT molecular complexity index is 813. The van der Waals surface area contributed by atoms with Gasteiger partial charge in [-0.25, -0.2) is 14.1 Å². The zero-order chi connectivity index (χ0) is 20.0. The summed E-state index contributed by atoms with van der Waals surface area (Å²) in [5.41, 5.74) is 1.80. The Morgan fingerprint density at radius 1 is 1.25 bits per heavy atom. The quantitative estimate of drug-likeness (QED) is 0.840. The van der Waals surface area contributed by atoms with Gasteiger partial charge in [0.1, 0.15) is 18.0 Å². The van der Waals surface area contributed by atoms with Gasteiger partial charge in [-0.05, 0) is 31.0 Å². The van der Waals surface area contributed by atoms with E-state index in [1.807, 2.05) is 18.9 Å². The number of hydrazone groups is 1. The standard InChI is InChI=1S/C19H25FN6O2/c1-4-9-24-17(27)15-16(23(3)19(24)28)21-18-25(15)10-12(2)22-26(18)11-13-5-7-14(20)8-6-13/h5-8,15-16,18,21H,4,9-11H2,1-3H3. The van der Waals surface area contributed by atoms with E-state index in [4.69, 9.17) is 0 Å². The van der Waals surface area contributed by atoms with Crippen LogP contribution in [-0.2, 0) is 11.3 Å². The lowest BCUT2D eigenvalue weighted by atomic mass is 10.1. The van der Waals surface area contributed by atoms with E-state index in [0.29, 0.717) is 19.6 Å². The van der Waals surface area contributed by atoms with E-state index in [1.165, 1.54) is 17.0 Å². The van der Waals surface area contributed by atoms with Crippen LogP contribution in [0.4, 0.5) is 9.18 Å². The van der Waals surface area contributed by atoms with Crippen molar-refractivity contribution in [1.82, 2.24) is 25.0 Å². The summed E-state index contributed by atoms with van der Waals surface area (Å²) in [5, 5.41) is 9.91. The Morgan fingerprint density at radius 2 is 1.96 bits per heavy atom. The van der Waals surface area contributed by atoms with Crippen LogP contribution < -0.4 is 5.32 Å². The van der Waals surface area contributed by atoms with E-state index in [-0.39, 0.29) is 24.0 Å². The number of rotatable bonds is 4. The number of nitrogens with one attached hydrogen (secondary N) is 1. The third-order valence-electron chi connectivity index (χ3n) is 5.46. The molecule has 1 aromatic rings. The van der Waals surface area contributed by atoms with Gasteiger partial charge in [0.05, 0.1) is 6.54 Å². The number of hydrogen-bond acceptors (Lipinski definition) is 6. The number of carbonyl (C=O) groups excluding carboxylic acids is 2. The molecule has 28 heavy (non-hydrogen) atoms. The van der Waals surface area contributed by atoms with E-state index in [0.717, 1.165) is 17.7 Å². The molecule has 9 heteroatoms.